The summed E-state index contributed by atoms with van der Waals surface area (Å²) in [5.41, 5.74) is 0.941. The van der Waals surface area contributed by atoms with Crippen LogP contribution in [0, 0.1) is 0 Å². The molecule has 19 heavy (non-hydrogen) atoms. The Hall–Kier alpha value is -1.33. The van der Waals surface area contributed by atoms with Crippen molar-refractivity contribution in [1.29, 1.82) is 0 Å². The molecule has 0 aliphatic carbocycles. The number of aromatic nitrogens is 4. The van der Waals surface area contributed by atoms with Gasteiger partial charge in [0.15, 0.2) is 0 Å². The number of aryl methyl sites for hydroxylation is 1. The van der Waals surface area contributed by atoms with Gasteiger partial charge in [-0.1, -0.05) is 47.7 Å². The van der Waals surface area contributed by atoms with Crippen molar-refractivity contribution in [3.05, 3.63) is 33.8 Å². The number of tetrazole rings is 1. The smallest absolute Gasteiger partial charge is 0.263 e. The summed E-state index contributed by atoms with van der Waals surface area (Å²) in [5.74, 6) is 0.502. The summed E-state index contributed by atoms with van der Waals surface area (Å²) in [6.45, 7) is 3.45. The van der Waals surface area contributed by atoms with Crippen LogP contribution in [0.15, 0.2) is 18.2 Å². The summed E-state index contributed by atoms with van der Waals surface area (Å²) in [6.07, 6.45) is 2.14. The average molecular weight is 300 g/mol. The van der Waals surface area contributed by atoms with E-state index in [1.165, 1.54) is 0 Å². The van der Waals surface area contributed by atoms with Crippen LogP contribution in [0.1, 0.15) is 25.3 Å². The number of anilines is 1. The number of unbranched alkanes of at least 4 members (excludes halogenated alkanes) is 1. The van der Waals surface area contributed by atoms with Crippen LogP contribution in [-0.4, -0.2) is 20.2 Å². The van der Waals surface area contributed by atoms with E-state index in [4.69, 9.17) is 23.2 Å². The minimum Gasteiger partial charge on any atom is -0.347 e. The predicted molar refractivity (Wildman–Crippen MR) is 76.5 cm³/mol. The Morgan fingerprint density at radius 1 is 1.32 bits per heavy atom. The lowest BCUT2D eigenvalue weighted by molar-refractivity contribution is 0.496. The van der Waals surface area contributed by atoms with E-state index in [9.17, 15) is 0 Å². The van der Waals surface area contributed by atoms with Crippen LogP contribution in [0.3, 0.4) is 0 Å². The van der Waals surface area contributed by atoms with Crippen LogP contribution in [0.25, 0.3) is 0 Å². The van der Waals surface area contributed by atoms with E-state index in [-0.39, 0.29) is 0 Å². The Kier molecular flexibility index (Phi) is 4.99. The minimum absolute atomic E-state index is 0.502. The largest absolute Gasteiger partial charge is 0.347 e. The van der Waals surface area contributed by atoms with E-state index >= 15 is 0 Å². The molecule has 0 unspecified atom stereocenters. The number of nitrogens with one attached hydrogen (secondary N) is 1. The third kappa shape index (κ3) is 4.08. The summed E-state index contributed by atoms with van der Waals surface area (Å²) in [6, 6.07) is 5.39. The maximum atomic E-state index is 6.08. The van der Waals surface area contributed by atoms with E-state index in [0.717, 1.165) is 24.9 Å². The van der Waals surface area contributed by atoms with E-state index in [1.807, 2.05) is 6.07 Å². The zero-order valence-electron chi connectivity index (χ0n) is 10.6. The molecule has 0 bridgehead atoms. The van der Waals surface area contributed by atoms with Gasteiger partial charge in [-0.15, -0.1) is 5.10 Å². The first kappa shape index (κ1) is 14.1. The molecular weight excluding hydrogens is 285 g/mol. The first-order valence-corrected chi connectivity index (χ1v) is 6.90. The third-order valence-corrected chi connectivity index (χ3v) is 3.20. The van der Waals surface area contributed by atoms with Gasteiger partial charge in [-0.3, -0.25) is 0 Å². The molecule has 0 fully saturated rings. The minimum atomic E-state index is 0.502. The Labute approximate surface area is 121 Å². The number of rotatable bonds is 6. The number of hydrogen-bond acceptors (Lipinski definition) is 4. The summed E-state index contributed by atoms with van der Waals surface area (Å²) < 4.78 is 0. The molecule has 0 atom stereocenters. The third-order valence-electron chi connectivity index (χ3n) is 2.62. The highest BCUT2D eigenvalue weighted by Gasteiger charge is 2.04. The molecular formula is C12H15Cl2N5. The lowest BCUT2D eigenvalue weighted by Gasteiger charge is -2.04. The van der Waals surface area contributed by atoms with Crippen molar-refractivity contribution in [3.8, 4) is 0 Å². The van der Waals surface area contributed by atoms with E-state index < -0.39 is 0 Å². The molecule has 7 heteroatoms. The van der Waals surface area contributed by atoms with Crippen molar-refractivity contribution < 1.29 is 0 Å². The van der Waals surface area contributed by atoms with Crippen LogP contribution >= 0.6 is 23.2 Å². The van der Waals surface area contributed by atoms with Gasteiger partial charge in [0.05, 0.1) is 6.54 Å². The molecule has 1 aromatic heterocycles. The van der Waals surface area contributed by atoms with Crippen LogP contribution in [0.4, 0.5) is 5.95 Å². The first-order chi connectivity index (χ1) is 9.19. The molecule has 0 aliphatic rings. The normalized spacial score (nSPS) is 10.7. The highest BCUT2D eigenvalue weighted by atomic mass is 35.5. The van der Waals surface area contributed by atoms with Gasteiger partial charge in [-0.25, -0.2) is 0 Å². The second kappa shape index (κ2) is 6.73. The van der Waals surface area contributed by atoms with Crippen molar-refractivity contribution in [2.75, 3.05) is 5.32 Å². The van der Waals surface area contributed by atoms with Crippen molar-refractivity contribution in [3.63, 3.8) is 0 Å². The topological polar surface area (TPSA) is 55.6 Å². The lowest BCUT2D eigenvalue weighted by Crippen LogP contribution is -2.04. The summed E-state index contributed by atoms with van der Waals surface area (Å²) >= 11 is 11.9. The van der Waals surface area contributed by atoms with Gasteiger partial charge in [-0.05, 0) is 29.3 Å². The van der Waals surface area contributed by atoms with Crippen LogP contribution < -0.4 is 5.32 Å². The molecule has 0 saturated heterocycles. The number of benzene rings is 1. The molecule has 5 nitrogen and oxygen atoms in total. The number of halogens is 2. The van der Waals surface area contributed by atoms with Gasteiger partial charge >= 0.3 is 0 Å². The van der Waals surface area contributed by atoms with E-state index in [0.29, 0.717) is 22.5 Å². The number of nitrogens with zero attached hydrogens (tertiary/aromatic N) is 4. The molecule has 0 radical (unpaired) electrons. The Morgan fingerprint density at radius 2 is 2.16 bits per heavy atom. The fourth-order valence-corrected chi connectivity index (χ4v) is 2.02. The van der Waals surface area contributed by atoms with Crippen LogP contribution in [0.5, 0.6) is 0 Å². The molecule has 0 saturated carbocycles. The van der Waals surface area contributed by atoms with Crippen molar-refractivity contribution >= 4 is 29.2 Å². The van der Waals surface area contributed by atoms with Gasteiger partial charge in [0, 0.05) is 16.6 Å². The van der Waals surface area contributed by atoms with E-state index in [2.05, 4.69) is 27.7 Å². The average Bonchev–Trinajstić information content (AvgIpc) is 2.83. The zero-order chi connectivity index (χ0) is 13.7. The van der Waals surface area contributed by atoms with Gasteiger partial charge in [0.1, 0.15) is 0 Å². The molecule has 2 aromatic rings. The second-order valence-corrected chi connectivity index (χ2v) is 5.00. The molecule has 0 amide bonds. The van der Waals surface area contributed by atoms with Crippen molar-refractivity contribution in [1.82, 2.24) is 20.2 Å². The fraction of sp³-hybridized carbons (Fsp3) is 0.417. The Morgan fingerprint density at radius 3 is 2.89 bits per heavy atom. The van der Waals surface area contributed by atoms with Gasteiger partial charge in [0.25, 0.3) is 5.95 Å². The first-order valence-electron chi connectivity index (χ1n) is 6.14. The molecule has 1 heterocycles. The van der Waals surface area contributed by atoms with Crippen molar-refractivity contribution in [2.45, 2.75) is 32.9 Å². The highest BCUT2D eigenvalue weighted by molar-refractivity contribution is 6.35. The maximum Gasteiger partial charge on any atom is 0.263 e. The maximum absolute atomic E-state index is 6.08. The SMILES string of the molecule is CCCCn1nnc(NCc2ccc(Cl)cc2Cl)n1. The summed E-state index contributed by atoms with van der Waals surface area (Å²) in [5, 5.41) is 16.4. The quantitative estimate of drug-likeness (QED) is 0.888. The van der Waals surface area contributed by atoms with Gasteiger partial charge in [-0.2, -0.15) is 4.80 Å². The molecule has 1 aromatic carbocycles. The number of hydrogen-bond donors (Lipinski definition) is 1. The molecule has 0 aliphatic heterocycles. The lowest BCUT2D eigenvalue weighted by atomic mass is 10.2. The van der Waals surface area contributed by atoms with Crippen molar-refractivity contribution in [2.24, 2.45) is 0 Å². The fourth-order valence-electron chi connectivity index (χ4n) is 1.55. The van der Waals surface area contributed by atoms with Gasteiger partial charge in [0.2, 0.25) is 0 Å². The van der Waals surface area contributed by atoms with Gasteiger partial charge < -0.3 is 5.32 Å². The molecule has 0 spiro atoms. The second-order valence-electron chi connectivity index (χ2n) is 4.15. The van der Waals surface area contributed by atoms with E-state index in [1.54, 1.807) is 16.9 Å². The zero-order valence-corrected chi connectivity index (χ0v) is 12.1. The molecule has 102 valence electrons. The Balaban J connectivity index is 1.92. The predicted octanol–water partition coefficient (Wildman–Crippen LogP) is 3.39. The van der Waals surface area contributed by atoms with Crippen LogP contribution in [-0.2, 0) is 13.1 Å². The highest BCUT2D eigenvalue weighted by Crippen LogP contribution is 2.21. The monoisotopic (exact) mass is 299 g/mol. The molecule has 2 rings (SSSR count). The Bertz CT molecular complexity index is 541. The van der Waals surface area contributed by atoms with Crippen LogP contribution in [0.2, 0.25) is 10.0 Å². The summed E-state index contributed by atoms with van der Waals surface area (Å²) in [4.78, 5) is 1.59. The summed E-state index contributed by atoms with van der Waals surface area (Å²) in [7, 11) is 0. The molecule has 1 N–H and O–H groups in total. The standard InChI is InChI=1S/C12H15Cl2N5/c1-2-3-6-19-17-12(16-18-19)15-8-9-4-5-10(13)7-11(9)14/h4-5,7H,2-3,6,8H2,1H3,(H,15,17).